The molecule has 0 saturated heterocycles. The number of hydrogen-bond donors (Lipinski definition) is 0. The quantitative estimate of drug-likeness (QED) is 0.787. The van der Waals surface area contributed by atoms with E-state index < -0.39 is 18.2 Å². The van der Waals surface area contributed by atoms with Gasteiger partial charge in [0.15, 0.2) is 0 Å². The Morgan fingerprint density at radius 2 is 2.00 bits per heavy atom. The summed E-state index contributed by atoms with van der Waals surface area (Å²) in [5.41, 5.74) is 0.848. The number of ether oxygens (including phenoxy) is 2. The summed E-state index contributed by atoms with van der Waals surface area (Å²) >= 11 is 3.27. The Balaban J connectivity index is 2.03. The van der Waals surface area contributed by atoms with Gasteiger partial charge >= 0.3 is 11.9 Å². The van der Waals surface area contributed by atoms with Crippen molar-refractivity contribution in [3.8, 4) is 0 Å². The predicted molar refractivity (Wildman–Crippen MR) is 63.2 cm³/mol. The minimum atomic E-state index is -0.918. The maximum atomic E-state index is 11.7. The van der Waals surface area contributed by atoms with Crippen LogP contribution in [0.25, 0.3) is 0 Å². The average molecular weight is 297 g/mol. The van der Waals surface area contributed by atoms with Crippen molar-refractivity contribution in [2.75, 3.05) is 0 Å². The molecule has 0 bridgehead atoms. The number of rotatable bonds is 2. The lowest BCUT2D eigenvalue weighted by Crippen LogP contribution is -2.17. The van der Waals surface area contributed by atoms with Crippen LogP contribution in [-0.2, 0) is 14.3 Å². The van der Waals surface area contributed by atoms with Crippen LogP contribution < -0.4 is 0 Å². The summed E-state index contributed by atoms with van der Waals surface area (Å²) < 4.78 is 10.7. The predicted octanol–water partition coefficient (Wildman–Crippen LogP) is 2.44. The zero-order valence-electron chi connectivity index (χ0n) is 8.98. The van der Waals surface area contributed by atoms with Crippen LogP contribution in [0.1, 0.15) is 17.3 Å². The van der Waals surface area contributed by atoms with E-state index in [4.69, 9.17) is 9.47 Å². The third-order valence-electron chi connectivity index (χ3n) is 2.23. The Hall–Kier alpha value is -1.62. The monoisotopic (exact) mass is 296 g/mol. The molecule has 2 rings (SSSR count). The highest BCUT2D eigenvalue weighted by atomic mass is 79.9. The number of carbonyl (C=O) groups excluding carboxylic acids is 2. The highest BCUT2D eigenvalue weighted by molar-refractivity contribution is 9.10. The lowest BCUT2D eigenvalue weighted by Gasteiger charge is -2.09. The van der Waals surface area contributed by atoms with Crippen LogP contribution in [0, 0.1) is 0 Å². The van der Waals surface area contributed by atoms with Crippen LogP contribution in [0.4, 0.5) is 0 Å². The standard InChI is InChI=1S/C12H9BrO4/c1-7-6-10(16-11(7)14)17-12(15)8-2-4-9(13)5-3-8/h2-6,10H,1H3. The van der Waals surface area contributed by atoms with E-state index in [2.05, 4.69) is 15.9 Å². The van der Waals surface area contributed by atoms with Gasteiger partial charge < -0.3 is 9.47 Å². The first kappa shape index (κ1) is 11.9. The van der Waals surface area contributed by atoms with Gasteiger partial charge in [0.1, 0.15) is 0 Å². The third kappa shape index (κ3) is 2.74. The molecule has 1 aromatic rings. The normalized spacial score (nSPS) is 18.6. The average Bonchev–Trinajstić information content (AvgIpc) is 2.58. The summed E-state index contributed by atoms with van der Waals surface area (Å²) in [6.07, 6.45) is 0.553. The van der Waals surface area contributed by atoms with Crippen LogP contribution in [-0.4, -0.2) is 18.2 Å². The van der Waals surface area contributed by atoms with Crippen molar-refractivity contribution < 1.29 is 19.1 Å². The maximum Gasteiger partial charge on any atom is 0.341 e. The van der Waals surface area contributed by atoms with Crippen molar-refractivity contribution in [3.63, 3.8) is 0 Å². The van der Waals surface area contributed by atoms with E-state index in [1.807, 2.05) is 0 Å². The van der Waals surface area contributed by atoms with Gasteiger partial charge in [-0.15, -0.1) is 0 Å². The summed E-state index contributed by atoms with van der Waals surface area (Å²) in [7, 11) is 0. The smallest absolute Gasteiger partial charge is 0.341 e. The zero-order valence-corrected chi connectivity index (χ0v) is 10.6. The van der Waals surface area contributed by atoms with Gasteiger partial charge in [0.2, 0.25) is 0 Å². The lowest BCUT2D eigenvalue weighted by molar-refractivity contribution is -0.151. The van der Waals surface area contributed by atoms with Crippen LogP contribution in [0.15, 0.2) is 40.4 Å². The van der Waals surface area contributed by atoms with Gasteiger partial charge in [-0.1, -0.05) is 15.9 Å². The van der Waals surface area contributed by atoms with Gasteiger partial charge in [-0.3, -0.25) is 0 Å². The molecule has 5 heteroatoms. The second-order valence-corrected chi connectivity index (χ2v) is 4.45. The van der Waals surface area contributed by atoms with Gasteiger partial charge in [-0.25, -0.2) is 9.59 Å². The first-order valence-electron chi connectivity index (χ1n) is 4.92. The Labute approximate surface area is 106 Å². The third-order valence-corrected chi connectivity index (χ3v) is 2.76. The largest absolute Gasteiger partial charge is 0.418 e. The molecule has 1 aliphatic rings. The number of cyclic esters (lactones) is 1. The minimum absolute atomic E-state index is 0.405. The van der Waals surface area contributed by atoms with Gasteiger partial charge in [0.05, 0.1) is 5.56 Å². The van der Waals surface area contributed by atoms with Crippen molar-refractivity contribution in [1.29, 1.82) is 0 Å². The number of benzene rings is 1. The van der Waals surface area contributed by atoms with Gasteiger partial charge in [-0.2, -0.15) is 0 Å². The molecule has 0 N–H and O–H groups in total. The second kappa shape index (κ2) is 4.71. The molecule has 1 heterocycles. The molecule has 0 fully saturated rings. The molecule has 1 unspecified atom stereocenters. The topological polar surface area (TPSA) is 52.6 Å². The van der Waals surface area contributed by atoms with Crippen LogP contribution >= 0.6 is 15.9 Å². The summed E-state index contributed by atoms with van der Waals surface area (Å²) in [4.78, 5) is 22.7. The number of carbonyl (C=O) groups is 2. The fourth-order valence-electron chi connectivity index (χ4n) is 1.32. The molecule has 0 amide bonds. The molecule has 17 heavy (non-hydrogen) atoms. The van der Waals surface area contributed by atoms with Crippen molar-refractivity contribution in [2.45, 2.75) is 13.2 Å². The van der Waals surface area contributed by atoms with E-state index in [0.717, 1.165) is 4.47 Å². The summed E-state index contributed by atoms with van der Waals surface area (Å²) in [5.74, 6) is -0.986. The van der Waals surface area contributed by atoms with E-state index in [9.17, 15) is 9.59 Å². The van der Waals surface area contributed by atoms with Crippen molar-refractivity contribution in [2.24, 2.45) is 0 Å². The zero-order chi connectivity index (χ0) is 12.4. The SMILES string of the molecule is CC1=CC(OC(=O)c2ccc(Br)cc2)OC1=O. The summed E-state index contributed by atoms with van der Waals surface area (Å²) in [6.45, 7) is 1.61. The molecular formula is C12H9BrO4. The molecule has 1 aliphatic heterocycles. The lowest BCUT2D eigenvalue weighted by atomic mass is 10.2. The molecule has 88 valence electrons. The second-order valence-electron chi connectivity index (χ2n) is 3.54. The van der Waals surface area contributed by atoms with Crippen molar-refractivity contribution in [3.05, 3.63) is 46.0 Å². The fraction of sp³-hybridized carbons (Fsp3) is 0.167. The number of hydrogen-bond acceptors (Lipinski definition) is 4. The van der Waals surface area contributed by atoms with E-state index >= 15 is 0 Å². The molecule has 0 spiro atoms. The van der Waals surface area contributed by atoms with E-state index in [1.165, 1.54) is 6.08 Å². The Morgan fingerprint density at radius 3 is 2.53 bits per heavy atom. The first-order valence-corrected chi connectivity index (χ1v) is 5.71. The first-order chi connectivity index (χ1) is 8.06. The molecular weight excluding hydrogens is 288 g/mol. The van der Waals surface area contributed by atoms with Crippen molar-refractivity contribution >= 4 is 27.9 Å². The molecule has 0 radical (unpaired) electrons. The molecule has 0 aliphatic carbocycles. The highest BCUT2D eigenvalue weighted by Gasteiger charge is 2.25. The molecule has 0 aromatic heterocycles. The van der Waals surface area contributed by atoms with E-state index in [0.29, 0.717) is 11.1 Å². The Bertz CT molecular complexity index is 490. The van der Waals surface area contributed by atoms with Crippen LogP contribution in [0.5, 0.6) is 0 Å². The fourth-order valence-corrected chi connectivity index (χ4v) is 1.59. The summed E-state index contributed by atoms with van der Waals surface area (Å²) in [6, 6.07) is 6.72. The van der Waals surface area contributed by atoms with E-state index in [1.54, 1.807) is 31.2 Å². The molecule has 1 aromatic carbocycles. The van der Waals surface area contributed by atoms with Crippen LogP contribution in [0.2, 0.25) is 0 Å². The number of esters is 2. The number of halogens is 1. The minimum Gasteiger partial charge on any atom is -0.418 e. The molecule has 1 atom stereocenters. The van der Waals surface area contributed by atoms with E-state index in [-0.39, 0.29) is 0 Å². The Morgan fingerprint density at radius 1 is 1.35 bits per heavy atom. The Kier molecular flexibility index (Phi) is 3.28. The van der Waals surface area contributed by atoms with Gasteiger partial charge in [0.25, 0.3) is 6.29 Å². The molecule has 4 nitrogen and oxygen atoms in total. The van der Waals surface area contributed by atoms with Crippen molar-refractivity contribution in [1.82, 2.24) is 0 Å². The van der Waals surface area contributed by atoms with Crippen LogP contribution in [0.3, 0.4) is 0 Å². The van der Waals surface area contributed by atoms with Gasteiger partial charge in [-0.05, 0) is 31.2 Å². The molecule has 0 saturated carbocycles. The highest BCUT2D eigenvalue weighted by Crippen LogP contribution is 2.17. The maximum absolute atomic E-state index is 11.7. The summed E-state index contributed by atoms with van der Waals surface area (Å²) in [5, 5.41) is 0. The van der Waals surface area contributed by atoms with Gasteiger partial charge in [0, 0.05) is 16.1 Å².